The van der Waals surface area contributed by atoms with E-state index < -0.39 is 27.1 Å². The van der Waals surface area contributed by atoms with E-state index in [4.69, 9.17) is 5.11 Å². The normalized spacial score (nSPS) is 18.8. The second-order valence-electron chi connectivity index (χ2n) is 5.83. The monoisotopic (exact) mass is 363 g/mol. The first kappa shape index (κ1) is 17.3. The SMILES string of the molecule is O=C(O)c1cnc(C2CCCN(S(=O)(=O)c3ccccc3)C2)[nH]c1=O. The van der Waals surface area contributed by atoms with Gasteiger partial charge in [-0.1, -0.05) is 18.2 Å². The number of aromatic nitrogens is 2. The number of hydrogen-bond acceptors (Lipinski definition) is 5. The van der Waals surface area contributed by atoms with Gasteiger partial charge < -0.3 is 10.1 Å². The van der Waals surface area contributed by atoms with Crippen molar-refractivity contribution < 1.29 is 18.3 Å². The molecule has 0 saturated carbocycles. The van der Waals surface area contributed by atoms with Crippen LogP contribution < -0.4 is 5.56 Å². The fourth-order valence-corrected chi connectivity index (χ4v) is 4.44. The van der Waals surface area contributed by atoms with E-state index in [1.165, 1.54) is 4.31 Å². The summed E-state index contributed by atoms with van der Waals surface area (Å²) < 4.78 is 26.8. The number of carboxylic acid groups (broad SMARTS) is 1. The lowest BCUT2D eigenvalue weighted by Gasteiger charge is -2.31. The average molecular weight is 363 g/mol. The van der Waals surface area contributed by atoms with Crippen molar-refractivity contribution in [2.45, 2.75) is 23.7 Å². The summed E-state index contributed by atoms with van der Waals surface area (Å²) in [5, 5.41) is 8.89. The average Bonchev–Trinajstić information content (AvgIpc) is 2.62. The van der Waals surface area contributed by atoms with Crippen LogP contribution in [0, 0.1) is 0 Å². The Balaban J connectivity index is 1.86. The van der Waals surface area contributed by atoms with Crippen LogP contribution in [-0.2, 0) is 10.0 Å². The second-order valence-corrected chi connectivity index (χ2v) is 7.77. The molecule has 3 rings (SSSR count). The smallest absolute Gasteiger partial charge is 0.342 e. The minimum atomic E-state index is -3.62. The standard InChI is InChI=1S/C16H17N3O5S/c20-15-13(16(21)22)9-17-14(18-15)11-5-4-8-19(10-11)25(23,24)12-6-2-1-3-7-12/h1-3,6-7,9,11H,4-5,8,10H2,(H,21,22)(H,17,18,20). The number of benzene rings is 1. The highest BCUT2D eigenvalue weighted by Crippen LogP contribution is 2.28. The molecule has 1 atom stereocenters. The Morgan fingerprint density at radius 3 is 2.64 bits per heavy atom. The van der Waals surface area contributed by atoms with Crippen molar-refractivity contribution in [3.63, 3.8) is 0 Å². The summed E-state index contributed by atoms with van der Waals surface area (Å²) in [5.41, 5.74) is -1.17. The van der Waals surface area contributed by atoms with Crippen LogP contribution in [0.5, 0.6) is 0 Å². The maximum absolute atomic E-state index is 12.7. The number of piperidine rings is 1. The van der Waals surface area contributed by atoms with E-state index in [9.17, 15) is 18.0 Å². The van der Waals surface area contributed by atoms with E-state index in [2.05, 4.69) is 9.97 Å². The molecule has 1 saturated heterocycles. The number of nitrogens with zero attached hydrogens (tertiary/aromatic N) is 2. The van der Waals surface area contributed by atoms with E-state index in [1.807, 2.05) is 0 Å². The van der Waals surface area contributed by atoms with E-state index >= 15 is 0 Å². The summed E-state index contributed by atoms with van der Waals surface area (Å²) in [6, 6.07) is 8.16. The predicted molar refractivity (Wildman–Crippen MR) is 89.0 cm³/mol. The molecule has 0 bridgehead atoms. The summed E-state index contributed by atoms with van der Waals surface area (Å²) in [4.78, 5) is 29.4. The molecule has 2 N–H and O–H groups in total. The number of sulfonamides is 1. The van der Waals surface area contributed by atoms with Gasteiger partial charge in [-0.2, -0.15) is 4.31 Å². The number of H-pyrrole nitrogens is 1. The number of aromatic carboxylic acids is 1. The fraction of sp³-hybridized carbons (Fsp3) is 0.312. The van der Waals surface area contributed by atoms with Gasteiger partial charge in [0.1, 0.15) is 11.4 Å². The topological polar surface area (TPSA) is 120 Å². The molecule has 2 aromatic rings. The largest absolute Gasteiger partial charge is 0.477 e. The molecule has 0 radical (unpaired) electrons. The van der Waals surface area contributed by atoms with Crippen molar-refractivity contribution in [2.24, 2.45) is 0 Å². The summed E-state index contributed by atoms with van der Waals surface area (Å²) in [5.74, 6) is -1.33. The Hall–Kier alpha value is -2.52. The number of hydrogen-bond donors (Lipinski definition) is 2. The van der Waals surface area contributed by atoms with Gasteiger partial charge >= 0.3 is 5.97 Å². The molecule has 0 aliphatic carbocycles. The van der Waals surface area contributed by atoms with Crippen molar-refractivity contribution >= 4 is 16.0 Å². The Morgan fingerprint density at radius 1 is 1.28 bits per heavy atom. The van der Waals surface area contributed by atoms with Crippen LogP contribution in [0.15, 0.2) is 46.2 Å². The van der Waals surface area contributed by atoms with Gasteiger partial charge in [0.05, 0.1) is 4.90 Å². The van der Waals surface area contributed by atoms with Crippen molar-refractivity contribution in [3.05, 3.63) is 58.3 Å². The zero-order chi connectivity index (χ0) is 18.0. The highest BCUT2D eigenvalue weighted by Gasteiger charge is 2.32. The summed E-state index contributed by atoms with van der Waals surface area (Å²) in [6.07, 6.45) is 2.30. The van der Waals surface area contributed by atoms with Crippen molar-refractivity contribution in [1.29, 1.82) is 0 Å². The molecule has 8 nitrogen and oxygen atoms in total. The third kappa shape index (κ3) is 3.47. The minimum absolute atomic E-state index is 0.187. The van der Waals surface area contributed by atoms with E-state index in [1.54, 1.807) is 30.3 Å². The second kappa shape index (κ2) is 6.77. The fourth-order valence-electron chi connectivity index (χ4n) is 2.89. The molecule has 1 aliphatic heterocycles. The van der Waals surface area contributed by atoms with Gasteiger partial charge in [0.2, 0.25) is 10.0 Å². The molecule has 9 heteroatoms. The zero-order valence-electron chi connectivity index (χ0n) is 13.3. The van der Waals surface area contributed by atoms with Gasteiger partial charge in [0, 0.05) is 25.2 Å². The maximum Gasteiger partial charge on any atom is 0.342 e. The molecule has 132 valence electrons. The minimum Gasteiger partial charge on any atom is -0.477 e. The molecule has 1 unspecified atom stereocenters. The van der Waals surface area contributed by atoms with Crippen LogP contribution in [0.1, 0.15) is 34.9 Å². The van der Waals surface area contributed by atoms with Crippen LogP contribution in [0.25, 0.3) is 0 Å². The lowest BCUT2D eigenvalue weighted by atomic mass is 9.99. The number of carboxylic acids is 1. The Kier molecular flexibility index (Phi) is 4.69. The van der Waals surface area contributed by atoms with Crippen molar-refractivity contribution in [3.8, 4) is 0 Å². The third-order valence-corrected chi connectivity index (χ3v) is 6.08. The van der Waals surface area contributed by atoms with Crippen LogP contribution in [0.3, 0.4) is 0 Å². The molecule has 1 fully saturated rings. The van der Waals surface area contributed by atoms with Crippen LogP contribution in [0.2, 0.25) is 0 Å². The third-order valence-electron chi connectivity index (χ3n) is 4.20. The van der Waals surface area contributed by atoms with Gasteiger partial charge in [-0.25, -0.2) is 18.2 Å². The first-order valence-electron chi connectivity index (χ1n) is 7.77. The molecule has 2 heterocycles. The van der Waals surface area contributed by atoms with Gasteiger partial charge in [0.15, 0.2) is 0 Å². The quantitative estimate of drug-likeness (QED) is 0.837. The van der Waals surface area contributed by atoms with Gasteiger partial charge in [0.25, 0.3) is 5.56 Å². The number of nitrogens with one attached hydrogen (secondary N) is 1. The number of rotatable bonds is 4. The highest BCUT2D eigenvalue weighted by atomic mass is 32.2. The Morgan fingerprint density at radius 2 is 2.00 bits per heavy atom. The lowest BCUT2D eigenvalue weighted by molar-refractivity contribution is 0.0694. The van der Waals surface area contributed by atoms with Crippen molar-refractivity contribution in [1.82, 2.24) is 14.3 Å². The molecule has 0 spiro atoms. The van der Waals surface area contributed by atoms with Crippen LogP contribution in [0.4, 0.5) is 0 Å². The van der Waals surface area contributed by atoms with E-state index in [0.717, 1.165) is 6.20 Å². The lowest BCUT2D eigenvalue weighted by Crippen LogP contribution is -2.40. The van der Waals surface area contributed by atoms with Crippen molar-refractivity contribution in [2.75, 3.05) is 13.1 Å². The van der Waals surface area contributed by atoms with Crippen LogP contribution >= 0.6 is 0 Å². The predicted octanol–water partition coefficient (Wildman–Crippen LogP) is 1.04. The van der Waals surface area contributed by atoms with E-state index in [0.29, 0.717) is 25.2 Å². The number of aromatic amines is 1. The maximum atomic E-state index is 12.7. The zero-order valence-corrected chi connectivity index (χ0v) is 14.1. The molecule has 1 aromatic carbocycles. The molecular formula is C16H17N3O5S. The first-order chi connectivity index (χ1) is 11.9. The van der Waals surface area contributed by atoms with E-state index in [-0.39, 0.29) is 17.4 Å². The summed E-state index contributed by atoms with van der Waals surface area (Å²) in [6.45, 7) is 0.581. The highest BCUT2D eigenvalue weighted by molar-refractivity contribution is 7.89. The Labute approximate surface area is 144 Å². The van der Waals surface area contributed by atoms with Gasteiger partial charge in [-0.15, -0.1) is 0 Å². The molecule has 1 aromatic heterocycles. The molecular weight excluding hydrogens is 346 g/mol. The number of carbonyl (C=O) groups is 1. The first-order valence-corrected chi connectivity index (χ1v) is 9.21. The van der Waals surface area contributed by atoms with Gasteiger partial charge in [-0.05, 0) is 25.0 Å². The molecule has 0 amide bonds. The molecule has 25 heavy (non-hydrogen) atoms. The summed E-state index contributed by atoms with van der Waals surface area (Å²) in [7, 11) is -3.62. The summed E-state index contributed by atoms with van der Waals surface area (Å²) >= 11 is 0. The van der Waals surface area contributed by atoms with Crippen LogP contribution in [-0.4, -0.2) is 46.9 Å². The molecule has 1 aliphatic rings. The van der Waals surface area contributed by atoms with Gasteiger partial charge in [-0.3, -0.25) is 4.79 Å². The Bertz CT molecular complexity index is 940.